The number of carbonyl (C=O) groups is 2. The highest BCUT2D eigenvalue weighted by Crippen LogP contribution is 2.30. The molecule has 0 spiro atoms. The molecule has 2 heterocycles. The molecule has 1 aromatic heterocycles. The van der Waals surface area contributed by atoms with Crippen LogP contribution < -0.4 is 0 Å². The largest absolute Gasteiger partial charge is 0.341 e. The summed E-state index contributed by atoms with van der Waals surface area (Å²) in [5.74, 6) is 1.10. The van der Waals surface area contributed by atoms with Gasteiger partial charge < -0.3 is 9.80 Å². The first-order valence-corrected chi connectivity index (χ1v) is 9.31. The van der Waals surface area contributed by atoms with Crippen LogP contribution in [0.2, 0.25) is 0 Å². The average molecular weight is 341 g/mol. The Balaban J connectivity index is 1.64. The van der Waals surface area contributed by atoms with E-state index in [1.54, 1.807) is 22.9 Å². The summed E-state index contributed by atoms with van der Waals surface area (Å²) in [5.41, 5.74) is 0.433. The Kier molecular flexibility index (Phi) is 3.92. The topological polar surface area (TPSA) is 53.5 Å². The van der Waals surface area contributed by atoms with Crippen molar-refractivity contribution in [2.24, 2.45) is 0 Å². The lowest BCUT2D eigenvalue weighted by atomic mass is 10.1. The van der Waals surface area contributed by atoms with Crippen LogP contribution in [0.5, 0.6) is 0 Å². The lowest BCUT2D eigenvalue weighted by molar-refractivity contribution is -0.134. The van der Waals surface area contributed by atoms with Crippen LogP contribution in [0.1, 0.15) is 23.3 Å². The molecule has 1 atom stereocenters. The Bertz CT molecular complexity index is 800. The number of amides is 2. The van der Waals surface area contributed by atoms with Crippen molar-refractivity contribution >= 4 is 34.3 Å². The van der Waals surface area contributed by atoms with E-state index in [1.165, 1.54) is 0 Å². The molecule has 1 aliphatic heterocycles. The van der Waals surface area contributed by atoms with Gasteiger partial charge in [-0.15, -0.1) is 11.8 Å². The molecular formula is C18H19N3O2S. The molecule has 2 fully saturated rings. The standard InChI is InChI=1S/C18H19N3O2S/c1-20(13-6-7-13)17(22)15-10-24-11-21(15)18(23)16-14-5-3-2-4-12(14)8-9-19-16/h2-5,8-9,13,15H,6-7,10-11H2,1H3/t15-/m0/s1. The van der Waals surface area contributed by atoms with Gasteiger partial charge in [-0.3, -0.25) is 14.6 Å². The number of aromatic nitrogens is 1. The summed E-state index contributed by atoms with van der Waals surface area (Å²) in [6, 6.07) is 9.60. The van der Waals surface area contributed by atoms with E-state index in [0.717, 1.165) is 23.6 Å². The fraction of sp³-hybridized carbons (Fsp3) is 0.389. The second-order valence-electron chi connectivity index (χ2n) is 6.35. The van der Waals surface area contributed by atoms with Crippen LogP contribution in [-0.2, 0) is 4.79 Å². The second-order valence-corrected chi connectivity index (χ2v) is 7.35. The van der Waals surface area contributed by atoms with Crippen molar-refractivity contribution < 1.29 is 9.59 Å². The molecule has 124 valence electrons. The third-order valence-electron chi connectivity index (χ3n) is 4.75. The van der Waals surface area contributed by atoms with E-state index in [9.17, 15) is 9.59 Å². The van der Waals surface area contributed by atoms with E-state index < -0.39 is 0 Å². The van der Waals surface area contributed by atoms with Crippen molar-refractivity contribution in [1.82, 2.24) is 14.8 Å². The van der Waals surface area contributed by atoms with Crippen LogP contribution in [0.3, 0.4) is 0 Å². The fourth-order valence-corrected chi connectivity index (χ4v) is 4.30. The van der Waals surface area contributed by atoms with Gasteiger partial charge in [0.15, 0.2) is 0 Å². The summed E-state index contributed by atoms with van der Waals surface area (Å²) < 4.78 is 0. The number of likely N-dealkylation sites (N-methyl/N-ethyl adjacent to an activating group) is 1. The molecular weight excluding hydrogens is 322 g/mol. The van der Waals surface area contributed by atoms with Gasteiger partial charge in [0.1, 0.15) is 11.7 Å². The van der Waals surface area contributed by atoms with E-state index in [2.05, 4.69) is 4.98 Å². The molecule has 0 unspecified atom stereocenters. The van der Waals surface area contributed by atoms with Crippen LogP contribution in [0.25, 0.3) is 10.8 Å². The van der Waals surface area contributed by atoms with Gasteiger partial charge in [0, 0.05) is 30.4 Å². The predicted molar refractivity (Wildman–Crippen MR) is 94.8 cm³/mol. The van der Waals surface area contributed by atoms with Crippen LogP contribution in [0, 0.1) is 0 Å². The Labute approximate surface area is 145 Å². The lowest BCUT2D eigenvalue weighted by Crippen LogP contribution is -2.48. The number of carbonyl (C=O) groups excluding carboxylic acids is 2. The molecule has 6 heteroatoms. The third-order valence-corrected chi connectivity index (χ3v) is 5.76. The van der Waals surface area contributed by atoms with E-state index >= 15 is 0 Å². The van der Waals surface area contributed by atoms with Gasteiger partial charge in [-0.1, -0.05) is 24.3 Å². The molecule has 2 aromatic rings. The number of benzene rings is 1. The van der Waals surface area contributed by atoms with Gasteiger partial charge >= 0.3 is 0 Å². The molecule has 0 N–H and O–H groups in total. The summed E-state index contributed by atoms with van der Waals surface area (Å²) in [6.07, 6.45) is 3.80. The highest BCUT2D eigenvalue weighted by molar-refractivity contribution is 7.99. The average Bonchev–Trinajstić information content (AvgIpc) is 3.36. The Morgan fingerprint density at radius 2 is 2.04 bits per heavy atom. The van der Waals surface area contributed by atoms with Gasteiger partial charge in [-0.25, -0.2) is 0 Å². The second kappa shape index (κ2) is 6.09. The fourth-order valence-electron chi connectivity index (χ4n) is 3.15. The third kappa shape index (κ3) is 2.65. The van der Waals surface area contributed by atoms with Crippen molar-refractivity contribution in [3.63, 3.8) is 0 Å². The maximum Gasteiger partial charge on any atom is 0.274 e. The first-order valence-electron chi connectivity index (χ1n) is 8.16. The first-order chi connectivity index (χ1) is 11.7. The van der Waals surface area contributed by atoms with E-state index in [1.807, 2.05) is 42.3 Å². The van der Waals surface area contributed by atoms with Gasteiger partial charge in [-0.2, -0.15) is 0 Å². The molecule has 2 amide bonds. The zero-order valence-corrected chi connectivity index (χ0v) is 14.3. The van der Waals surface area contributed by atoms with E-state index in [-0.39, 0.29) is 17.9 Å². The first kappa shape index (κ1) is 15.4. The van der Waals surface area contributed by atoms with Gasteiger partial charge in [0.2, 0.25) is 5.91 Å². The summed E-state index contributed by atoms with van der Waals surface area (Å²) >= 11 is 1.63. The minimum atomic E-state index is -0.381. The van der Waals surface area contributed by atoms with E-state index in [0.29, 0.717) is 23.4 Å². The van der Waals surface area contributed by atoms with Crippen molar-refractivity contribution in [1.29, 1.82) is 0 Å². The van der Waals surface area contributed by atoms with Crippen LogP contribution in [-0.4, -0.2) is 57.4 Å². The molecule has 1 aromatic carbocycles. The molecule has 1 aliphatic carbocycles. The molecule has 0 bridgehead atoms. The van der Waals surface area contributed by atoms with Gasteiger partial charge in [-0.05, 0) is 24.3 Å². The summed E-state index contributed by atoms with van der Waals surface area (Å²) in [6.45, 7) is 0. The Morgan fingerprint density at radius 1 is 1.25 bits per heavy atom. The van der Waals surface area contributed by atoms with Crippen LogP contribution in [0.4, 0.5) is 0 Å². The summed E-state index contributed by atoms with van der Waals surface area (Å²) in [5, 5.41) is 1.82. The monoisotopic (exact) mass is 341 g/mol. The van der Waals surface area contributed by atoms with Crippen molar-refractivity contribution in [2.45, 2.75) is 24.9 Å². The maximum absolute atomic E-state index is 13.1. The van der Waals surface area contributed by atoms with E-state index in [4.69, 9.17) is 0 Å². The molecule has 1 saturated carbocycles. The van der Waals surface area contributed by atoms with Gasteiger partial charge in [0.25, 0.3) is 5.91 Å². The quantitative estimate of drug-likeness (QED) is 0.860. The normalized spacial score (nSPS) is 20.4. The Morgan fingerprint density at radius 3 is 2.83 bits per heavy atom. The summed E-state index contributed by atoms with van der Waals surface area (Å²) in [7, 11) is 1.85. The lowest BCUT2D eigenvalue weighted by Gasteiger charge is -2.27. The zero-order chi connectivity index (χ0) is 16.7. The Hall–Kier alpha value is -2.08. The van der Waals surface area contributed by atoms with Crippen molar-refractivity contribution in [3.05, 3.63) is 42.2 Å². The highest BCUT2D eigenvalue weighted by Gasteiger charge is 2.40. The number of hydrogen-bond donors (Lipinski definition) is 0. The molecule has 5 nitrogen and oxygen atoms in total. The minimum Gasteiger partial charge on any atom is -0.341 e. The SMILES string of the molecule is CN(C(=O)[C@@H]1CSCN1C(=O)c1nccc2ccccc12)C1CC1. The molecule has 1 saturated heterocycles. The maximum atomic E-state index is 13.1. The molecule has 4 rings (SSSR count). The van der Waals surface area contributed by atoms with Crippen molar-refractivity contribution in [3.8, 4) is 0 Å². The summed E-state index contributed by atoms with van der Waals surface area (Å²) in [4.78, 5) is 33.6. The predicted octanol–water partition coefficient (Wildman–Crippen LogP) is 2.37. The smallest absolute Gasteiger partial charge is 0.274 e. The number of thioether (sulfide) groups is 1. The number of fused-ring (bicyclic) bond motifs is 1. The van der Waals surface area contributed by atoms with Crippen LogP contribution in [0.15, 0.2) is 36.5 Å². The number of hydrogen-bond acceptors (Lipinski definition) is 4. The number of nitrogens with zero attached hydrogens (tertiary/aromatic N) is 3. The zero-order valence-electron chi connectivity index (χ0n) is 13.5. The van der Waals surface area contributed by atoms with Gasteiger partial charge in [0.05, 0.1) is 5.88 Å². The van der Waals surface area contributed by atoms with Crippen molar-refractivity contribution in [2.75, 3.05) is 18.7 Å². The molecule has 0 radical (unpaired) electrons. The number of pyridine rings is 1. The van der Waals surface area contributed by atoms with Crippen LogP contribution >= 0.6 is 11.8 Å². The molecule has 24 heavy (non-hydrogen) atoms. The minimum absolute atomic E-state index is 0.0519. The molecule has 2 aliphatic rings. The number of rotatable bonds is 3. The highest BCUT2D eigenvalue weighted by atomic mass is 32.2.